The van der Waals surface area contributed by atoms with Crippen molar-refractivity contribution in [1.82, 2.24) is 4.90 Å². The summed E-state index contributed by atoms with van der Waals surface area (Å²) >= 11 is 0. The van der Waals surface area contributed by atoms with Gasteiger partial charge in [0, 0.05) is 25.2 Å². The fraction of sp³-hybridized carbons (Fsp3) is 1.00. The average molecular weight is 296 g/mol. The monoisotopic (exact) mass is 296 g/mol. The molecule has 0 radical (unpaired) electrons. The number of rotatable bonds is 6. The summed E-state index contributed by atoms with van der Waals surface area (Å²) in [4.78, 5) is 2.70. The van der Waals surface area contributed by atoms with Gasteiger partial charge in [0.25, 0.3) is 0 Å². The highest BCUT2D eigenvalue weighted by Gasteiger charge is 2.39. The third-order valence-electron chi connectivity index (χ3n) is 5.80. The quantitative estimate of drug-likeness (QED) is 0.762. The second-order valence-electron chi connectivity index (χ2n) is 7.18. The van der Waals surface area contributed by atoms with Gasteiger partial charge in [0.2, 0.25) is 0 Å². The van der Waals surface area contributed by atoms with Crippen molar-refractivity contribution < 1.29 is 4.74 Å². The van der Waals surface area contributed by atoms with Crippen LogP contribution in [0.1, 0.15) is 71.6 Å². The average Bonchev–Trinajstić information content (AvgIpc) is 2.72. The summed E-state index contributed by atoms with van der Waals surface area (Å²) < 4.78 is 5.90. The van der Waals surface area contributed by atoms with Gasteiger partial charge in [0.05, 0.1) is 6.10 Å². The van der Waals surface area contributed by atoms with Gasteiger partial charge in [0.1, 0.15) is 0 Å². The van der Waals surface area contributed by atoms with Gasteiger partial charge in [-0.25, -0.2) is 0 Å². The molecule has 3 unspecified atom stereocenters. The van der Waals surface area contributed by atoms with Crippen LogP contribution in [0.2, 0.25) is 0 Å². The van der Waals surface area contributed by atoms with Crippen molar-refractivity contribution >= 4 is 0 Å². The Labute approximate surface area is 131 Å². The van der Waals surface area contributed by atoms with Crippen molar-refractivity contribution in [2.24, 2.45) is 11.7 Å². The molecule has 2 rings (SSSR count). The normalized spacial score (nSPS) is 35.6. The SMILES string of the molecule is CCCC1CCCC(CN)(N2CCCC(OCC)C2)CC1. The molecule has 21 heavy (non-hydrogen) atoms. The first-order valence-electron chi connectivity index (χ1n) is 9.30. The minimum absolute atomic E-state index is 0.262. The highest BCUT2D eigenvalue weighted by Crippen LogP contribution is 2.37. The molecule has 1 saturated heterocycles. The van der Waals surface area contributed by atoms with E-state index in [0.29, 0.717) is 6.10 Å². The minimum Gasteiger partial charge on any atom is -0.377 e. The Morgan fingerprint density at radius 1 is 1.14 bits per heavy atom. The van der Waals surface area contributed by atoms with Crippen molar-refractivity contribution in [3.05, 3.63) is 0 Å². The van der Waals surface area contributed by atoms with Crippen LogP contribution in [-0.2, 0) is 4.74 Å². The lowest BCUT2D eigenvalue weighted by atomic mass is 9.85. The van der Waals surface area contributed by atoms with E-state index in [9.17, 15) is 0 Å². The molecule has 1 aliphatic heterocycles. The van der Waals surface area contributed by atoms with E-state index in [1.54, 1.807) is 0 Å². The molecule has 3 nitrogen and oxygen atoms in total. The maximum Gasteiger partial charge on any atom is 0.0702 e. The summed E-state index contributed by atoms with van der Waals surface area (Å²) in [7, 11) is 0. The molecule has 1 aliphatic carbocycles. The molecule has 0 aromatic rings. The summed E-state index contributed by atoms with van der Waals surface area (Å²) in [6, 6.07) is 0. The molecule has 0 aromatic heterocycles. The Morgan fingerprint density at radius 3 is 2.71 bits per heavy atom. The Kier molecular flexibility index (Phi) is 6.97. The van der Waals surface area contributed by atoms with Crippen molar-refractivity contribution in [2.75, 3.05) is 26.2 Å². The van der Waals surface area contributed by atoms with Crippen LogP contribution in [0.5, 0.6) is 0 Å². The molecule has 0 bridgehead atoms. The van der Waals surface area contributed by atoms with Crippen molar-refractivity contribution in [2.45, 2.75) is 83.3 Å². The fourth-order valence-corrected chi connectivity index (χ4v) is 4.55. The van der Waals surface area contributed by atoms with Crippen LogP contribution in [0.25, 0.3) is 0 Å². The number of likely N-dealkylation sites (tertiary alicyclic amines) is 1. The lowest BCUT2D eigenvalue weighted by molar-refractivity contribution is -0.0374. The summed E-state index contributed by atoms with van der Waals surface area (Å²) in [5, 5.41) is 0. The zero-order valence-electron chi connectivity index (χ0n) is 14.3. The Morgan fingerprint density at radius 2 is 2.00 bits per heavy atom. The fourth-order valence-electron chi connectivity index (χ4n) is 4.55. The number of hydrogen-bond acceptors (Lipinski definition) is 3. The Hall–Kier alpha value is -0.120. The van der Waals surface area contributed by atoms with Crippen LogP contribution in [0, 0.1) is 5.92 Å². The number of nitrogens with zero attached hydrogens (tertiary/aromatic N) is 1. The zero-order chi connectivity index (χ0) is 15.1. The van der Waals surface area contributed by atoms with Gasteiger partial charge < -0.3 is 10.5 Å². The van der Waals surface area contributed by atoms with Gasteiger partial charge >= 0.3 is 0 Å². The Balaban J connectivity index is 1.99. The third kappa shape index (κ3) is 4.43. The standard InChI is InChI=1S/C18H36N2O/c1-3-7-16-8-5-11-18(15-19,12-10-16)20-13-6-9-17(14-20)21-4-2/h16-17H,3-15,19H2,1-2H3. The smallest absolute Gasteiger partial charge is 0.0702 e. The van der Waals surface area contributed by atoms with E-state index in [2.05, 4.69) is 18.7 Å². The molecule has 2 fully saturated rings. The van der Waals surface area contributed by atoms with E-state index in [4.69, 9.17) is 10.5 Å². The number of hydrogen-bond donors (Lipinski definition) is 1. The van der Waals surface area contributed by atoms with Gasteiger partial charge in [-0.15, -0.1) is 0 Å². The van der Waals surface area contributed by atoms with Crippen molar-refractivity contribution in [3.63, 3.8) is 0 Å². The molecule has 0 spiro atoms. The first-order valence-corrected chi connectivity index (χ1v) is 9.30. The van der Waals surface area contributed by atoms with E-state index in [-0.39, 0.29) is 5.54 Å². The van der Waals surface area contributed by atoms with Gasteiger partial charge in [0.15, 0.2) is 0 Å². The second kappa shape index (κ2) is 8.50. The van der Waals surface area contributed by atoms with E-state index in [1.807, 2.05) is 0 Å². The minimum atomic E-state index is 0.262. The van der Waals surface area contributed by atoms with Gasteiger partial charge in [-0.05, 0) is 51.5 Å². The summed E-state index contributed by atoms with van der Waals surface area (Å²) in [5.41, 5.74) is 6.56. The lowest BCUT2D eigenvalue weighted by Crippen LogP contribution is -2.58. The topological polar surface area (TPSA) is 38.5 Å². The van der Waals surface area contributed by atoms with Crippen LogP contribution in [0.4, 0.5) is 0 Å². The molecule has 1 saturated carbocycles. The highest BCUT2D eigenvalue weighted by atomic mass is 16.5. The van der Waals surface area contributed by atoms with E-state index < -0.39 is 0 Å². The number of piperidine rings is 1. The molecule has 1 heterocycles. The molecule has 2 N–H and O–H groups in total. The van der Waals surface area contributed by atoms with E-state index >= 15 is 0 Å². The second-order valence-corrected chi connectivity index (χ2v) is 7.18. The number of ether oxygens (including phenoxy) is 1. The lowest BCUT2D eigenvalue weighted by Gasteiger charge is -2.47. The summed E-state index contributed by atoms with van der Waals surface area (Å²) in [5.74, 6) is 0.941. The molecule has 3 heteroatoms. The first kappa shape index (κ1) is 17.2. The van der Waals surface area contributed by atoms with Gasteiger partial charge in [-0.2, -0.15) is 0 Å². The third-order valence-corrected chi connectivity index (χ3v) is 5.80. The van der Waals surface area contributed by atoms with Crippen molar-refractivity contribution in [3.8, 4) is 0 Å². The van der Waals surface area contributed by atoms with E-state index in [1.165, 1.54) is 64.3 Å². The summed E-state index contributed by atoms with van der Waals surface area (Å²) in [6.07, 6.45) is 12.4. The van der Waals surface area contributed by atoms with Gasteiger partial charge in [-0.1, -0.05) is 32.6 Å². The van der Waals surface area contributed by atoms with Crippen LogP contribution < -0.4 is 5.73 Å². The number of nitrogens with two attached hydrogens (primary N) is 1. The van der Waals surface area contributed by atoms with Crippen LogP contribution >= 0.6 is 0 Å². The molecule has 0 aromatic carbocycles. The van der Waals surface area contributed by atoms with E-state index in [0.717, 1.165) is 25.6 Å². The van der Waals surface area contributed by atoms with Crippen molar-refractivity contribution in [1.29, 1.82) is 0 Å². The molecular weight excluding hydrogens is 260 g/mol. The van der Waals surface area contributed by atoms with Crippen LogP contribution in [0.3, 0.4) is 0 Å². The molecule has 0 amide bonds. The molecule has 3 atom stereocenters. The van der Waals surface area contributed by atoms with Crippen LogP contribution in [0.15, 0.2) is 0 Å². The first-order chi connectivity index (χ1) is 10.2. The highest BCUT2D eigenvalue weighted by molar-refractivity contribution is 4.96. The predicted octanol–water partition coefficient (Wildman–Crippen LogP) is 3.57. The zero-order valence-corrected chi connectivity index (χ0v) is 14.3. The molecular formula is C18H36N2O. The van der Waals surface area contributed by atoms with Gasteiger partial charge in [-0.3, -0.25) is 4.90 Å². The maximum atomic E-state index is 6.29. The summed E-state index contributed by atoms with van der Waals surface area (Å²) in [6.45, 7) is 8.41. The Bertz CT molecular complexity index is 295. The molecule has 124 valence electrons. The van der Waals surface area contributed by atoms with Crippen LogP contribution in [-0.4, -0.2) is 42.8 Å². The molecule has 2 aliphatic rings. The predicted molar refractivity (Wildman–Crippen MR) is 89.5 cm³/mol. The maximum absolute atomic E-state index is 6.29. The largest absolute Gasteiger partial charge is 0.377 e.